The summed E-state index contributed by atoms with van der Waals surface area (Å²) in [5, 5.41) is 22.9. The van der Waals surface area contributed by atoms with Gasteiger partial charge in [-0.05, 0) is 29.7 Å². The lowest BCUT2D eigenvalue weighted by atomic mass is 10.0. The van der Waals surface area contributed by atoms with E-state index in [9.17, 15) is 15.0 Å². The van der Waals surface area contributed by atoms with Gasteiger partial charge in [0.05, 0.1) is 18.9 Å². The first-order valence-electron chi connectivity index (χ1n) is 8.25. The Morgan fingerprint density at radius 1 is 1.19 bits per heavy atom. The van der Waals surface area contributed by atoms with Gasteiger partial charge in [-0.1, -0.05) is 36.4 Å². The van der Waals surface area contributed by atoms with E-state index in [1.807, 2.05) is 30.3 Å². The van der Waals surface area contributed by atoms with Gasteiger partial charge < -0.3 is 30.7 Å². The zero-order chi connectivity index (χ0) is 18.9. The lowest BCUT2D eigenvalue weighted by Crippen LogP contribution is -2.29. The smallest absolute Gasteiger partial charge is 0.407 e. The van der Waals surface area contributed by atoms with E-state index in [2.05, 4.69) is 5.32 Å². The second kappa shape index (κ2) is 9.65. The number of benzene rings is 2. The zero-order valence-corrected chi connectivity index (χ0v) is 14.6. The first kappa shape index (κ1) is 19.6. The number of nitrogen functional groups attached to an aromatic ring is 1. The number of alkyl carbamates (subject to hydrolysis) is 1. The van der Waals surface area contributed by atoms with Crippen LogP contribution < -0.4 is 15.8 Å². The van der Waals surface area contributed by atoms with Crippen LogP contribution in [0.1, 0.15) is 23.7 Å². The van der Waals surface area contributed by atoms with E-state index in [4.69, 9.17) is 15.2 Å². The molecule has 0 aliphatic heterocycles. The number of rotatable bonds is 8. The number of aliphatic hydroxyl groups is 2. The third-order valence-electron chi connectivity index (χ3n) is 3.89. The molecule has 1 amide bonds. The van der Waals surface area contributed by atoms with Crippen LogP contribution in [-0.2, 0) is 11.3 Å². The van der Waals surface area contributed by atoms with Crippen molar-refractivity contribution in [3.8, 4) is 5.75 Å². The number of nitrogens with one attached hydrogen (secondary N) is 1. The fourth-order valence-corrected chi connectivity index (χ4v) is 2.39. The van der Waals surface area contributed by atoms with Crippen LogP contribution in [0.15, 0.2) is 48.5 Å². The van der Waals surface area contributed by atoms with Gasteiger partial charge >= 0.3 is 6.09 Å². The summed E-state index contributed by atoms with van der Waals surface area (Å²) < 4.78 is 10.2. The Balaban J connectivity index is 1.75. The van der Waals surface area contributed by atoms with Gasteiger partial charge in [-0.3, -0.25) is 0 Å². The number of methoxy groups -OCH3 is 1. The molecule has 2 atom stereocenters. The van der Waals surface area contributed by atoms with Crippen molar-refractivity contribution < 1.29 is 24.5 Å². The normalized spacial score (nSPS) is 12.9. The molecular formula is C19H24N2O5. The maximum atomic E-state index is 11.7. The summed E-state index contributed by atoms with van der Waals surface area (Å²) in [4.78, 5) is 11.7. The van der Waals surface area contributed by atoms with Crippen molar-refractivity contribution in [3.05, 3.63) is 59.7 Å². The number of ether oxygens (including phenoxy) is 2. The van der Waals surface area contributed by atoms with E-state index < -0.39 is 18.3 Å². The van der Waals surface area contributed by atoms with E-state index >= 15 is 0 Å². The van der Waals surface area contributed by atoms with E-state index in [0.717, 1.165) is 5.56 Å². The van der Waals surface area contributed by atoms with Gasteiger partial charge in [-0.15, -0.1) is 0 Å². The summed E-state index contributed by atoms with van der Waals surface area (Å²) in [6, 6.07) is 14.1. The van der Waals surface area contributed by atoms with Crippen LogP contribution in [0.2, 0.25) is 0 Å². The number of hydrogen-bond acceptors (Lipinski definition) is 6. The van der Waals surface area contributed by atoms with Gasteiger partial charge in [-0.25, -0.2) is 4.79 Å². The molecule has 2 rings (SSSR count). The van der Waals surface area contributed by atoms with Crippen molar-refractivity contribution in [1.29, 1.82) is 0 Å². The fourth-order valence-electron chi connectivity index (χ4n) is 2.39. The van der Waals surface area contributed by atoms with Crippen molar-refractivity contribution in [3.63, 3.8) is 0 Å². The average molecular weight is 360 g/mol. The Kier molecular flexibility index (Phi) is 7.25. The topological polar surface area (TPSA) is 114 Å². The van der Waals surface area contributed by atoms with Gasteiger partial charge in [0, 0.05) is 6.54 Å². The minimum absolute atomic E-state index is 0.161. The van der Waals surface area contributed by atoms with Crippen molar-refractivity contribution in [2.75, 3.05) is 19.4 Å². The number of aliphatic hydroxyl groups excluding tert-OH is 2. The minimum atomic E-state index is -1.12. The van der Waals surface area contributed by atoms with Crippen molar-refractivity contribution in [2.24, 2.45) is 0 Å². The second-order valence-electron chi connectivity index (χ2n) is 5.79. The van der Waals surface area contributed by atoms with Crippen LogP contribution >= 0.6 is 0 Å². The Hall–Kier alpha value is -2.77. The maximum absolute atomic E-state index is 11.7. The highest BCUT2D eigenvalue weighted by atomic mass is 16.5. The van der Waals surface area contributed by atoms with E-state index in [-0.39, 0.29) is 19.6 Å². The molecule has 0 heterocycles. The Bertz CT molecular complexity index is 708. The predicted molar refractivity (Wildman–Crippen MR) is 97.6 cm³/mol. The van der Waals surface area contributed by atoms with E-state index in [1.54, 1.807) is 18.2 Å². The molecular weight excluding hydrogens is 336 g/mol. The third-order valence-corrected chi connectivity index (χ3v) is 3.89. The maximum Gasteiger partial charge on any atom is 0.407 e. The van der Waals surface area contributed by atoms with Crippen LogP contribution in [0.4, 0.5) is 10.5 Å². The summed E-state index contributed by atoms with van der Waals surface area (Å²) in [7, 11) is 1.48. The molecule has 2 aromatic carbocycles. The summed E-state index contributed by atoms with van der Waals surface area (Å²) in [6.45, 7) is 0.334. The standard InChI is InChI=1S/C19H24N2O5/c1-25-17-11-14(7-8-15(17)20)18(23)16(22)9-10-21-19(24)26-12-13-5-3-2-4-6-13/h2-8,11,16,18,22-23H,9-10,12,20H2,1H3,(H,21,24). The largest absolute Gasteiger partial charge is 0.495 e. The van der Waals surface area contributed by atoms with Gasteiger partial charge in [-0.2, -0.15) is 0 Å². The quantitative estimate of drug-likeness (QED) is 0.535. The Labute approximate surface area is 152 Å². The fraction of sp³-hybridized carbons (Fsp3) is 0.316. The highest BCUT2D eigenvalue weighted by molar-refractivity contribution is 5.67. The molecule has 0 aromatic heterocycles. The molecule has 0 aliphatic carbocycles. The molecule has 0 fully saturated rings. The molecule has 0 aliphatic rings. The lowest BCUT2D eigenvalue weighted by molar-refractivity contribution is 0.0135. The van der Waals surface area contributed by atoms with Gasteiger partial charge in [0.1, 0.15) is 18.5 Å². The van der Waals surface area contributed by atoms with Crippen molar-refractivity contribution >= 4 is 11.8 Å². The molecule has 140 valence electrons. The molecule has 7 heteroatoms. The predicted octanol–water partition coefficient (Wildman–Crippen LogP) is 1.99. The first-order chi connectivity index (χ1) is 12.5. The number of amides is 1. The summed E-state index contributed by atoms with van der Waals surface area (Å²) in [5.74, 6) is 0.427. The Morgan fingerprint density at radius 3 is 2.62 bits per heavy atom. The summed E-state index contributed by atoms with van der Waals surface area (Å²) in [5.41, 5.74) is 7.54. The number of anilines is 1. The van der Waals surface area contributed by atoms with Crippen LogP contribution in [0.5, 0.6) is 5.75 Å². The highest BCUT2D eigenvalue weighted by Crippen LogP contribution is 2.27. The molecule has 5 N–H and O–H groups in total. The van der Waals surface area contributed by atoms with Gasteiger partial charge in [0.25, 0.3) is 0 Å². The third kappa shape index (κ3) is 5.65. The molecule has 7 nitrogen and oxygen atoms in total. The molecule has 26 heavy (non-hydrogen) atoms. The van der Waals surface area contributed by atoms with Crippen LogP contribution in [0.25, 0.3) is 0 Å². The molecule has 2 unspecified atom stereocenters. The molecule has 0 bridgehead atoms. The number of hydrogen-bond donors (Lipinski definition) is 4. The van der Waals surface area contributed by atoms with Gasteiger partial charge in [0.15, 0.2) is 0 Å². The van der Waals surface area contributed by atoms with E-state index in [0.29, 0.717) is 17.0 Å². The van der Waals surface area contributed by atoms with Gasteiger partial charge in [0.2, 0.25) is 0 Å². The Morgan fingerprint density at radius 2 is 1.92 bits per heavy atom. The molecule has 0 spiro atoms. The van der Waals surface area contributed by atoms with Crippen molar-refractivity contribution in [1.82, 2.24) is 5.32 Å². The molecule has 2 aromatic rings. The number of carbonyl (C=O) groups is 1. The van der Waals surface area contributed by atoms with Crippen molar-refractivity contribution in [2.45, 2.75) is 25.2 Å². The highest BCUT2D eigenvalue weighted by Gasteiger charge is 2.19. The number of nitrogens with two attached hydrogens (primary N) is 1. The average Bonchev–Trinajstić information content (AvgIpc) is 2.67. The molecule has 0 saturated carbocycles. The lowest BCUT2D eigenvalue weighted by Gasteiger charge is -2.19. The van der Waals surface area contributed by atoms with E-state index in [1.165, 1.54) is 7.11 Å². The van der Waals surface area contributed by atoms with Crippen LogP contribution in [0, 0.1) is 0 Å². The first-order valence-corrected chi connectivity index (χ1v) is 8.25. The minimum Gasteiger partial charge on any atom is -0.495 e. The number of carbonyl (C=O) groups excluding carboxylic acids is 1. The zero-order valence-electron chi connectivity index (χ0n) is 14.6. The monoisotopic (exact) mass is 360 g/mol. The second-order valence-corrected chi connectivity index (χ2v) is 5.79. The summed E-state index contributed by atoms with van der Waals surface area (Å²) >= 11 is 0. The SMILES string of the molecule is COc1cc(C(O)C(O)CCNC(=O)OCc2ccccc2)ccc1N. The van der Waals surface area contributed by atoms with Crippen LogP contribution in [-0.4, -0.2) is 36.1 Å². The van der Waals surface area contributed by atoms with Crippen LogP contribution in [0.3, 0.4) is 0 Å². The summed E-state index contributed by atoms with van der Waals surface area (Å²) in [6.07, 6.45) is -2.59. The molecule has 0 radical (unpaired) electrons. The molecule has 0 saturated heterocycles.